The number of fused-ring (bicyclic) bond motifs is 1. The van der Waals surface area contributed by atoms with E-state index in [1.54, 1.807) is 0 Å². The summed E-state index contributed by atoms with van der Waals surface area (Å²) >= 11 is 0. The molecule has 6 heteroatoms. The number of hydrogen-bond acceptors (Lipinski definition) is 3. The number of para-hydroxylation sites is 1. The standard InChI is InChI=1S/C15H18N2O4/c1-9-11(10-5-3-4-6-12(10)17-9)7-13(18)16-8-15(2,21)14(19)20/h3-6,17,21H,7-8H2,1-2H3,(H,16,18)(H,19,20). The van der Waals surface area contributed by atoms with Crippen molar-refractivity contribution in [3.63, 3.8) is 0 Å². The van der Waals surface area contributed by atoms with Gasteiger partial charge in [0.2, 0.25) is 5.91 Å². The molecule has 4 N–H and O–H groups in total. The Hall–Kier alpha value is -2.34. The first-order valence-electron chi connectivity index (χ1n) is 6.60. The smallest absolute Gasteiger partial charge is 0.337 e. The molecular weight excluding hydrogens is 272 g/mol. The summed E-state index contributed by atoms with van der Waals surface area (Å²) in [4.78, 5) is 25.9. The highest BCUT2D eigenvalue weighted by atomic mass is 16.4. The van der Waals surface area contributed by atoms with E-state index in [1.807, 2.05) is 31.2 Å². The van der Waals surface area contributed by atoms with Crippen LogP contribution in [0.15, 0.2) is 24.3 Å². The van der Waals surface area contributed by atoms with Gasteiger partial charge in [0.05, 0.1) is 13.0 Å². The zero-order chi connectivity index (χ0) is 15.6. The molecule has 0 bridgehead atoms. The van der Waals surface area contributed by atoms with Crippen molar-refractivity contribution >= 4 is 22.8 Å². The van der Waals surface area contributed by atoms with Crippen LogP contribution in [0.1, 0.15) is 18.2 Å². The third kappa shape index (κ3) is 3.22. The Labute approximate surface area is 121 Å². The Morgan fingerprint density at radius 3 is 2.67 bits per heavy atom. The third-order valence-corrected chi connectivity index (χ3v) is 3.45. The minimum absolute atomic E-state index is 0.131. The van der Waals surface area contributed by atoms with Crippen LogP contribution in [-0.2, 0) is 16.0 Å². The number of carbonyl (C=O) groups is 2. The van der Waals surface area contributed by atoms with Crippen LogP contribution in [0.5, 0.6) is 0 Å². The number of rotatable bonds is 5. The molecule has 1 aromatic carbocycles. The minimum atomic E-state index is -1.97. The van der Waals surface area contributed by atoms with Crippen molar-refractivity contribution in [3.05, 3.63) is 35.5 Å². The van der Waals surface area contributed by atoms with Crippen molar-refractivity contribution in [3.8, 4) is 0 Å². The second kappa shape index (κ2) is 5.57. The summed E-state index contributed by atoms with van der Waals surface area (Å²) in [7, 11) is 0. The average molecular weight is 290 g/mol. The molecule has 0 saturated heterocycles. The summed E-state index contributed by atoms with van der Waals surface area (Å²) in [6.07, 6.45) is 0.131. The quantitative estimate of drug-likeness (QED) is 0.659. The van der Waals surface area contributed by atoms with Crippen LogP contribution < -0.4 is 5.32 Å². The number of aryl methyl sites for hydroxylation is 1. The van der Waals surface area contributed by atoms with Crippen LogP contribution >= 0.6 is 0 Å². The first-order valence-corrected chi connectivity index (χ1v) is 6.60. The fraction of sp³-hybridized carbons (Fsp3) is 0.333. The van der Waals surface area contributed by atoms with Crippen LogP contribution in [0.3, 0.4) is 0 Å². The molecule has 2 rings (SSSR count). The molecule has 1 aromatic heterocycles. The maximum absolute atomic E-state index is 11.9. The van der Waals surface area contributed by atoms with Gasteiger partial charge in [-0.3, -0.25) is 4.79 Å². The highest BCUT2D eigenvalue weighted by Crippen LogP contribution is 2.22. The number of aromatic amines is 1. The van der Waals surface area contributed by atoms with Gasteiger partial charge in [0, 0.05) is 16.6 Å². The molecule has 0 aliphatic heterocycles. The zero-order valence-electron chi connectivity index (χ0n) is 11.9. The summed E-state index contributed by atoms with van der Waals surface area (Å²) in [5.74, 6) is -1.70. The highest BCUT2D eigenvalue weighted by Gasteiger charge is 2.30. The Morgan fingerprint density at radius 1 is 1.33 bits per heavy atom. The molecule has 1 unspecified atom stereocenters. The summed E-state index contributed by atoms with van der Waals surface area (Å²) < 4.78 is 0. The largest absolute Gasteiger partial charge is 0.479 e. The Kier molecular flexibility index (Phi) is 3.99. The normalized spacial score (nSPS) is 13.9. The second-order valence-corrected chi connectivity index (χ2v) is 5.31. The monoisotopic (exact) mass is 290 g/mol. The van der Waals surface area contributed by atoms with Crippen LogP contribution in [0, 0.1) is 6.92 Å². The topological polar surface area (TPSA) is 102 Å². The second-order valence-electron chi connectivity index (χ2n) is 5.31. The Balaban J connectivity index is 2.09. The van der Waals surface area contributed by atoms with Gasteiger partial charge in [-0.15, -0.1) is 0 Å². The van der Waals surface area contributed by atoms with Gasteiger partial charge >= 0.3 is 5.97 Å². The number of aliphatic hydroxyl groups is 1. The van der Waals surface area contributed by atoms with E-state index in [1.165, 1.54) is 0 Å². The third-order valence-electron chi connectivity index (χ3n) is 3.45. The van der Waals surface area contributed by atoms with Gasteiger partial charge in [-0.05, 0) is 25.5 Å². The van der Waals surface area contributed by atoms with E-state index in [0.717, 1.165) is 29.1 Å². The van der Waals surface area contributed by atoms with Gasteiger partial charge in [-0.1, -0.05) is 18.2 Å². The predicted molar refractivity (Wildman–Crippen MR) is 78.0 cm³/mol. The van der Waals surface area contributed by atoms with E-state index in [2.05, 4.69) is 10.3 Å². The first kappa shape index (κ1) is 15.1. The lowest BCUT2D eigenvalue weighted by atomic mass is 10.1. The first-order chi connectivity index (χ1) is 9.81. The number of H-pyrrole nitrogens is 1. The lowest BCUT2D eigenvalue weighted by Gasteiger charge is -2.18. The molecule has 0 radical (unpaired) electrons. The fourth-order valence-electron chi connectivity index (χ4n) is 2.13. The van der Waals surface area contributed by atoms with E-state index < -0.39 is 11.6 Å². The van der Waals surface area contributed by atoms with Crippen molar-refractivity contribution < 1.29 is 19.8 Å². The highest BCUT2D eigenvalue weighted by molar-refractivity contribution is 5.90. The van der Waals surface area contributed by atoms with E-state index >= 15 is 0 Å². The van der Waals surface area contributed by atoms with E-state index in [0.29, 0.717) is 0 Å². The summed E-state index contributed by atoms with van der Waals surface area (Å²) in [6, 6.07) is 7.66. The van der Waals surface area contributed by atoms with E-state index in [-0.39, 0.29) is 18.9 Å². The lowest BCUT2D eigenvalue weighted by molar-refractivity contribution is -0.156. The van der Waals surface area contributed by atoms with Gasteiger partial charge in [-0.2, -0.15) is 0 Å². The van der Waals surface area contributed by atoms with Crippen LogP contribution in [0.25, 0.3) is 10.9 Å². The SMILES string of the molecule is Cc1[nH]c2ccccc2c1CC(=O)NCC(C)(O)C(=O)O. The number of carboxylic acids is 1. The van der Waals surface area contributed by atoms with Crippen LogP contribution in [-0.4, -0.2) is 39.2 Å². The van der Waals surface area contributed by atoms with Crippen LogP contribution in [0.4, 0.5) is 0 Å². The number of aromatic nitrogens is 1. The molecular formula is C15H18N2O4. The molecule has 112 valence electrons. The number of nitrogens with one attached hydrogen (secondary N) is 2. The Morgan fingerprint density at radius 2 is 2.00 bits per heavy atom. The van der Waals surface area contributed by atoms with Crippen molar-refractivity contribution in [2.24, 2.45) is 0 Å². The molecule has 0 saturated carbocycles. The molecule has 0 aliphatic rings. The number of amides is 1. The average Bonchev–Trinajstić information content (AvgIpc) is 2.73. The molecule has 0 fully saturated rings. The molecule has 1 amide bonds. The summed E-state index contributed by atoms with van der Waals surface area (Å²) in [5, 5.41) is 21.8. The lowest BCUT2D eigenvalue weighted by Crippen LogP contribution is -2.46. The predicted octanol–water partition coefficient (Wildman–Crippen LogP) is 0.971. The zero-order valence-corrected chi connectivity index (χ0v) is 11.9. The fourth-order valence-corrected chi connectivity index (χ4v) is 2.13. The molecule has 6 nitrogen and oxygen atoms in total. The van der Waals surface area contributed by atoms with Crippen molar-refractivity contribution in [2.45, 2.75) is 25.9 Å². The number of benzene rings is 1. The van der Waals surface area contributed by atoms with Gasteiger partial charge in [-0.25, -0.2) is 4.79 Å². The van der Waals surface area contributed by atoms with Crippen molar-refractivity contribution in [1.82, 2.24) is 10.3 Å². The van der Waals surface area contributed by atoms with Crippen LogP contribution in [0.2, 0.25) is 0 Å². The molecule has 2 aromatic rings. The maximum atomic E-state index is 11.9. The van der Waals surface area contributed by atoms with E-state index in [4.69, 9.17) is 5.11 Å². The molecule has 0 spiro atoms. The molecule has 0 aliphatic carbocycles. The van der Waals surface area contributed by atoms with Gasteiger partial charge in [0.1, 0.15) is 0 Å². The summed E-state index contributed by atoms with van der Waals surface area (Å²) in [5.41, 5.74) is 0.759. The van der Waals surface area contributed by atoms with Gasteiger partial charge in [0.15, 0.2) is 5.60 Å². The summed E-state index contributed by atoms with van der Waals surface area (Å²) in [6.45, 7) is 2.70. The molecule has 1 atom stereocenters. The molecule has 1 heterocycles. The van der Waals surface area contributed by atoms with Gasteiger partial charge < -0.3 is 20.5 Å². The number of hydrogen-bond donors (Lipinski definition) is 4. The Bertz CT molecular complexity index is 688. The van der Waals surface area contributed by atoms with Crippen molar-refractivity contribution in [2.75, 3.05) is 6.54 Å². The van der Waals surface area contributed by atoms with E-state index in [9.17, 15) is 14.7 Å². The van der Waals surface area contributed by atoms with Crippen molar-refractivity contribution in [1.29, 1.82) is 0 Å². The maximum Gasteiger partial charge on any atom is 0.337 e. The van der Waals surface area contributed by atoms with Gasteiger partial charge in [0.25, 0.3) is 0 Å². The number of carbonyl (C=O) groups excluding carboxylic acids is 1. The number of carboxylic acid groups (broad SMARTS) is 1. The number of aliphatic carboxylic acids is 1. The minimum Gasteiger partial charge on any atom is -0.479 e. The molecule has 21 heavy (non-hydrogen) atoms.